The van der Waals surface area contributed by atoms with Crippen molar-refractivity contribution in [2.45, 2.75) is 11.4 Å². The molecule has 1 heterocycles. The number of rotatable bonds is 4. The lowest BCUT2D eigenvalue weighted by atomic mass is 10.3. The summed E-state index contributed by atoms with van der Waals surface area (Å²) in [7, 11) is -3.65. The summed E-state index contributed by atoms with van der Waals surface area (Å²) in [4.78, 5) is 2.93. The zero-order chi connectivity index (χ0) is 14.0. The van der Waals surface area contributed by atoms with Crippen LogP contribution in [0, 0.1) is 0 Å². The normalized spacial score (nSPS) is 11.5. The van der Waals surface area contributed by atoms with Gasteiger partial charge in [-0.2, -0.15) is 0 Å². The Balaban J connectivity index is 2.30. The quantitative estimate of drug-likeness (QED) is 0.779. The number of anilines is 1. The molecule has 0 saturated heterocycles. The Morgan fingerprint density at radius 3 is 2.68 bits per heavy atom. The number of hydrogen-bond acceptors (Lipinski definition) is 3. The first-order valence-electron chi connectivity index (χ1n) is 5.27. The molecule has 0 aliphatic rings. The van der Waals surface area contributed by atoms with Crippen LogP contribution in [0.2, 0.25) is 5.02 Å². The van der Waals surface area contributed by atoms with Crippen molar-refractivity contribution in [3.63, 3.8) is 0 Å². The third kappa shape index (κ3) is 3.30. The van der Waals surface area contributed by atoms with E-state index >= 15 is 0 Å². The number of hydrogen-bond donors (Lipinski definition) is 3. The van der Waals surface area contributed by atoms with E-state index in [1.54, 1.807) is 18.2 Å². The molecule has 5 nitrogen and oxygen atoms in total. The van der Waals surface area contributed by atoms with Gasteiger partial charge in [0, 0.05) is 27.9 Å². The van der Waals surface area contributed by atoms with Gasteiger partial charge in [-0.1, -0.05) is 11.6 Å². The van der Waals surface area contributed by atoms with Gasteiger partial charge in [0.25, 0.3) is 10.0 Å². The summed E-state index contributed by atoms with van der Waals surface area (Å²) in [5.41, 5.74) is 6.50. The van der Waals surface area contributed by atoms with Gasteiger partial charge in [-0.05, 0) is 40.2 Å². The number of sulfonamides is 1. The summed E-state index contributed by atoms with van der Waals surface area (Å²) in [6.45, 7) is 0.250. The smallest absolute Gasteiger partial charge is 0.263 e. The third-order valence-corrected chi connectivity index (χ3v) is 4.66. The summed E-state index contributed by atoms with van der Waals surface area (Å²) in [5, 5.41) is 0.516. The van der Waals surface area contributed by atoms with E-state index in [0.29, 0.717) is 20.9 Å². The number of nitrogens with two attached hydrogens (primary N) is 1. The van der Waals surface area contributed by atoms with E-state index in [-0.39, 0.29) is 11.4 Å². The van der Waals surface area contributed by atoms with Gasteiger partial charge in [-0.25, -0.2) is 8.42 Å². The number of nitrogens with one attached hydrogen (secondary N) is 2. The maximum absolute atomic E-state index is 12.1. The Morgan fingerprint density at radius 2 is 2.11 bits per heavy atom. The van der Waals surface area contributed by atoms with Gasteiger partial charge in [0.15, 0.2) is 0 Å². The molecule has 0 amide bonds. The largest absolute Gasteiger partial charge is 0.363 e. The van der Waals surface area contributed by atoms with Crippen molar-refractivity contribution in [1.82, 2.24) is 4.98 Å². The molecular weight excluding hydrogens is 354 g/mol. The lowest BCUT2D eigenvalue weighted by molar-refractivity contribution is 0.601. The average molecular weight is 365 g/mol. The second-order valence-electron chi connectivity index (χ2n) is 3.79. The van der Waals surface area contributed by atoms with Crippen LogP contribution in [0.4, 0.5) is 5.69 Å². The number of H-pyrrole nitrogens is 1. The zero-order valence-corrected chi connectivity index (χ0v) is 12.8. The van der Waals surface area contributed by atoms with Crippen molar-refractivity contribution in [2.24, 2.45) is 5.73 Å². The van der Waals surface area contributed by atoms with E-state index in [1.165, 1.54) is 12.3 Å². The van der Waals surface area contributed by atoms with Crippen LogP contribution in [0.3, 0.4) is 0 Å². The molecule has 2 rings (SSSR count). The second-order valence-corrected chi connectivity index (χ2v) is 6.77. The summed E-state index contributed by atoms with van der Waals surface area (Å²) in [6.07, 6.45) is 1.40. The number of benzene rings is 1. The van der Waals surface area contributed by atoms with E-state index in [0.717, 1.165) is 0 Å². The number of aromatic amines is 1. The third-order valence-electron chi connectivity index (χ3n) is 2.42. The van der Waals surface area contributed by atoms with Crippen molar-refractivity contribution in [3.8, 4) is 0 Å². The van der Waals surface area contributed by atoms with Gasteiger partial charge in [0.2, 0.25) is 0 Å². The average Bonchev–Trinajstić information content (AvgIpc) is 2.82. The molecule has 0 aliphatic heterocycles. The van der Waals surface area contributed by atoms with E-state index in [1.807, 2.05) is 0 Å². The van der Waals surface area contributed by atoms with Crippen LogP contribution < -0.4 is 10.5 Å². The van der Waals surface area contributed by atoms with Crippen LogP contribution in [-0.2, 0) is 16.6 Å². The molecule has 0 radical (unpaired) electrons. The van der Waals surface area contributed by atoms with Crippen molar-refractivity contribution in [1.29, 1.82) is 0 Å². The van der Waals surface area contributed by atoms with Crippen molar-refractivity contribution >= 4 is 43.2 Å². The van der Waals surface area contributed by atoms with Gasteiger partial charge in [0.1, 0.15) is 4.90 Å². The van der Waals surface area contributed by atoms with E-state index in [4.69, 9.17) is 17.3 Å². The number of halogens is 2. The van der Waals surface area contributed by atoms with Crippen LogP contribution in [0.5, 0.6) is 0 Å². The summed E-state index contributed by atoms with van der Waals surface area (Å²) < 4.78 is 27.3. The van der Waals surface area contributed by atoms with Gasteiger partial charge in [-0.15, -0.1) is 0 Å². The summed E-state index contributed by atoms with van der Waals surface area (Å²) in [6, 6.07) is 6.29. The molecule has 1 aromatic heterocycles. The summed E-state index contributed by atoms with van der Waals surface area (Å²) >= 11 is 9.05. The highest BCUT2D eigenvalue weighted by Crippen LogP contribution is 2.28. The lowest BCUT2D eigenvalue weighted by Gasteiger charge is -2.08. The number of aromatic nitrogens is 1. The van der Waals surface area contributed by atoms with Crippen molar-refractivity contribution in [3.05, 3.63) is 45.7 Å². The van der Waals surface area contributed by atoms with Crippen LogP contribution in [0.15, 0.2) is 39.8 Å². The second kappa shape index (κ2) is 5.54. The van der Waals surface area contributed by atoms with Crippen molar-refractivity contribution in [2.75, 3.05) is 4.72 Å². The maximum Gasteiger partial charge on any atom is 0.263 e. The van der Waals surface area contributed by atoms with Gasteiger partial charge >= 0.3 is 0 Å². The van der Waals surface area contributed by atoms with Crippen LogP contribution in [0.1, 0.15) is 5.69 Å². The molecule has 0 atom stereocenters. The summed E-state index contributed by atoms with van der Waals surface area (Å²) in [5.74, 6) is 0. The fourth-order valence-corrected chi connectivity index (χ4v) is 3.48. The fraction of sp³-hybridized carbons (Fsp3) is 0.0909. The highest BCUT2D eigenvalue weighted by atomic mass is 79.9. The standard InChI is InChI=1S/C11H11BrClN3O2S/c12-10-3-7(13)1-2-11(10)16-19(17,18)9-4-8(5-14)15-6-9/h1-4,6,15-16H,5,14H2. The highest BCUT2D eigenvalue weighted by Gasteiger charge is 2.17. The molecule has 4 N–H and O–H groups in total. The minimum absolute atomic E-state index is 0.134. The lowest BCUT2D eigenvalue weighted by Crippen LogP contribution is -2.12. The molecule has 0 saturated carbocycles. The molecule has 102 valence electrons. The van der Waals surface area contributed by atoms with E-state index in [9.17, 15) is 8.42 Å². The van der Waals surface area contributed by atoms with Gasteiger partial charge in [0.05, 0.1) is 5.69 Å². The predicted octanol–water partition coefficient (Wildman–Crippen LogP) is 2.69. The minimum atomic E-state index is -3.65. The Bertz CT molecular complexity index is 700. The van der Waals surface area contributed by atoms with E-state index in [2.05, 4.69) is 25.6 Å². The predicted molar refractivity (Wildman–Crippen MR) is 78.6 cm³/mol. The molecular formula is C11H11BrClN3O2S. The Morgan fingerprint density at radius 1 is 1.37 bits per heavy atom. The fourth-order valence-electron chi connectivity index (χ4n) is 1.47. The first kappa shape index (κ1) is 14.4. The Kier molecular flexibility index (Phi) is 4.19. The highest BCUT2D eigenvalue weighted by molar-refractivity contribution is 9.10. The maximum atomic E-state index is 12.1. The molecule has 8 heteroatoms. The van der Waals surface area contributed by atoms with Gasteiger partial charge < -0.3 is 10.7 Å². The Labute approximate surface area is 124 Å². The first-order chi connectivity index (χ1) is 8.92. The van der Waals surface area contributed by atoms with E-state index < -0.39 is 10.0 Å². The monoisotopic (exact) mass is 363 g/mol. The minimum Gasteiger partial charge on any atom is -0.363 e. The topological polar surface area (TPSA) is 88.0 Å². The molecule has 0 bridgehead atoms. The molecule has 0 unspecified atom stereocenters. The van der Waals surface area contributed by atoms with Crippen LogP contribution >= 0.6 is 27.5 Å². The molecule has 0 fully saturated rings. The first-order valence-corrected chi connectivity index (χ1v) is 7.93. The molecule has 0 spiro atoms. The Hall–Kier alpha value is -1.02. The molecule has 0 aliphatic carbocycles. The molecule has 2 aromatic rings. The molecule has 1 aromatic carbocycles. The molecule has 19 heavy (non-hydrogen) atoms. The van der Waals surface area contributed by atoms with Crippen LogP contribution in [0.25, 0.3) is 0 Å². The van der Waals surface area contributed by atoms with Gasteiger partial charge in [-0.3, -0.25) is 4.72 Å². The SMILES string of the molecule is NCc1cc(S(=O)(=O)Nc2ccc(Cl)cc2Br)c[nH]1. The van der Waals surface area contributed by atoms with Crippen molar-refractivity contribution < 1.29 is 8.42 Å². The van der Waals surface area contributed by atoms with Crippen LogP contribution in [-0.4, -0.2) is 13.4 Å². The zero-order valence-electron chi connectivity index (χ0n) is 9.65.